The standard InChI is InChI=1S/C16H16BrN3O5/c1-25-15(23)8-12(10-2-4-11(17)5-3-10)18-14(22)9-20-7-6-13(21)19-16(20)24/h2-7,12H,8-9H2,1H3,(H,18,22)(H,19,21,24)/t12-/m1/s1. The predicted molar refractivity (Wildman–Crippen MR) is 93.0 cm³/mol. The van der Waals surface area contributed by atoms with Gasteiger partial charge in [-0.3, -0.25) is 23.9 Å². The normalized spacial score (nSPS) is 11.6. The van der Waals surface area contributed by atoms with E-state index >= 15 is 0 Å². The fourth-order valence-corrected chi connectivity index (χ4v) is 2.43. The molecule has 0 aliphatic carbocycles. The summed E-state index contributed by atoms with van der Waals surface area (Å²) >= 11 is 3.32. The molecule has 0 bridgehead atoms. The Morgan fingerprint density at radius 2 is 1.92 bits per heavy atom. The van der Waals surface area contributed by atoms with Gasteiger partial charge in [0, 0.05) is 16.7 Å². The van der Waals surface area contributed by atoms with E-state index in [-0.39, 0.29) is 13.0 Å². The molecule has 1 aromatic carbocycles. The topological polar surface area (TPSA) is 110 Å². The highest BCUT2D eigenvalue weighted by Crippen LogP contribution is 2.20. The summed E-state index contributed by atoms with van der Waals surface area (Å²) in [5.41, 5.74) is -0.508. The SMILES string of the molecule is COC(=O)C[C@@H](NC(=O)Cn1ccc(=O)[nH]c1=O)c1ccc(Br)cc1. The van der Waals surface area contributed by atoms with Crippen molar-refractivity contribution in [3.63, 3.8) is 0 Å². The second kappa shape index (κ2) is 8.43. The maximum absolute atomic E-state index is 12.2. The molecule has 9 heteroatoms. The first-order valence-corrected chi connectivity index (χ1v) is 8.09. The molecule has 0 unspecified atom stereocenters. The molecule has 8 nitrogen and oxygen atoms in total. The maximum atomic E-state index is 12.2. The van der Waals surface area contributed by atoms with Crippen LogP contribution in [0.1, 0.15) is 18.0 Å². The number of hydrogen-bond donors (Lipinski definition) is 2. The number of amides is 1. The second-order valence-electron chi connectivity index (χ2n) is 5.19. The first kappa shape index (κ1) is 18.7. The Balaban J connectivity index is 2.15. The van der Waals surface area contributed by atoms with E-state index in [1.165, 1.54) is 13.3 Å². The van der Waals surface area contributed by atoms with Crippen molar-refractivity contribution in [3.05, 3.63) is 67.4 Å². The summed E-state index contributed by atoms with van der Waals surface area (Å²) in [7, 11) is 1.27. The number of hydrogen-bond acceptors (Lipinski definition) is 5. The number of carbonyl (C=O) groups is 2. The summed E-state index contributed by atoms with van der Waals surface area (Å²) in [5.74, 6) is -0.958. The Morgan fingerprint density at radius 3 is 2.52 bits per heavy atom. The molecule has 132 valence electrons. The van der Waals surface area contributed by atoms with E-state index in [0.717, 1.165) is 20.7 Å². The lowest BCUT2D eigenvalue weighted by atomic mass is 10.0. The molecule has 0 saturated heterocycles. The molecular weight excluding hydrogens is 394 g/mol. The number of halogens is 1. The van der Waals surface area contributed by atoms with Crippen LogP contribution in [0.2, 0.25) is 0 Å². The van der Waals surface area contributed by atoms with E-state index in [9.17, 15) is 19.2 Å². The Bertz CT molecular complexity index is 872. The third-order valence-electron chi connectivity index (χ3n) is 3.42. The monoisotopic (exact) mass is 409 g/mol. The number of rotatable bonds is 6. The van der Waals surface area contributed by atoms with E-state index in [2.05, 4.69) is 31.0 Å². The average Bonchev–Trinajstić information content (AvgIpc) is 2.57. The van der Waals surface area contributed by atoms with Crippen LogP contribution in [0.5, 0.6) is 0 Å². The molecule has 0 aliphatic rings. The van der Waals surface area contributed by atoms with E-state index in [1.807, 2.05) is 0 Å². The largest absolute Gasteiger partial charge is 0.469 e. The summed E-state index contributed by atoms with van der Waals surface area (Å²) in [6, 6.07) is 7.66. The van der Waals surface area contributed by atoms with Gasteiger partial charge in [0.2, 0.25) is 5.91 Å². The van der Waals surface area contributed by atoms with E-state index in [4.69, 9.17) is 0 Å². The average molecular weight is 410 g/mol. The molecule has 0 radical (unpaired) electrons. The van der Waals surface area contributed by atoms with Gasteiger partial charge in [0.1, 0.15) is 6.54 Å². The van der Waals surface area contributed by atoms with Crippen molar-refractivity contribution in [2.75, 3.05) is 7.11 Å². The molecule has 0 saturated carbocycles. The number of nitrogens with one attached hydrogen (secondary N) is 2. The van der Waals surface area contributed by atoms with Gasteiger partial charge in [0.25, 0.3) is 5.56 Å². The van der Waals surface area contributed by atoms with Gasteiger partial charge < -0.3 is 10.1 Å². The lowest BCUT2D eigenvalue weighted by Crippen LogP contribution is -2.37. The van der Waals surface area contributed by atoms with Crippen LogP contribution >= 0.6 is 15.9 Å². The molecule has 1 atom stereocenters. The predicted octanol–water partition coefficient (Wildman–Crippen LogP) is 0.720. The van der Waals surface area contributed by atoms with Crippen LogP contribution in [0.4, 0.5) is 0 Å². The summed E-state index contributed by atoms with van der Waals surface area (Å²) < 4.78 is 6.59. The lowest BCUT2D eigenvalue weighted by Gasteiger charge is -2.18. The molecule has 25 heavy (non-hydrogen) atoms. The number of nitrogens with zero attached hydrogens (tertiary/aromatic N) is 1. The van der Waals surface area contributed by atoms with Crippen LogP contribution in [0.15, 0.2) is 50.6 Å². The first-order chi connectivity index (χ1) is 11.9. The van der Waals surface area contributed by atoms with Gasteiger partial charge in [-0.05, 0) is 17.7 Å². The Kier molecular flexibility index (Phi) is 6.29. The number of ether oxygens (including phenoxy) is 1. The summed E-state index contributed by atoms with van der Waals surface area (Å²) in [4.78, 5) is 48.6. The number of H-pyrrole nitrogens is 1. The minimum absolute atomic E-state index is 0.0512. The van der Waals surface area contributed by atoms with Crippen LogP contribution in [0.3, 0.4) is 0 Å². The quantitative estimate of drug-likeness (QED) is 0.682. The summed E-state index contributed by atoms with van der Waals surface area (Å²) in [5, 5.41) is 2.70. The third-order valence-corrected chi connectivity index (χ3v) is 3.95. The fourth-order valence-electron chi connectivity index (χ4n) is 2.16. The van der Waals surface area contributed by atoms with Crippen molar-refractivity contribution >= 4 is 27.8 Å². The molecule has 1 heterocycles. The number of methoxy groups -OCH3 is 1. The van der Waals surface area contributed by atoms with Gasteiger partial charge in [0.15, 0.2) is 0 Å². The highest BCUT2D eigenvalue weighted by molar-refractivity contribution is 9.10. The van der Waals surface area contributed by atoms with Crippen LogP contribution in [0.25, 0.3) is 0 Å². The van der Waals surface area contributed by atoms with Gasteiger partial charge in [-0.25, -0.2) is 4.79 Å². The highest BCUT2D eigenvalue weighted by Gasteiger charge is 2.19. The highest BCUT2D eigenvalue weighted by atomic mass is 79.9. The van der Waals surface area contributed by atoms with Crippen LogP contribution in [0, 0.1) is 0 Å². The smallest absolute Gasteiger partial charge is 0.328 e. The zero-order valence-corrected chi connectivity index (χ0v) is 14.9. The number of benzene rings is 1. The second-order valence-corrected chi connectivity index (χ2v) is 6.11. The first-order valence-electron chi connectivity index (χ1n) is 7.30. The lowest BCUT2D eigenvalue weighted by molar-refractivity contribution is -0.141. The van der Waals surface area contributed by atoms with Crippen LogP contribution in [-0.4, -0.2) is 28.5 Å². The van der Waals surface area contributed by atoms with E-state index in [0.29, 0.717) is 0 Å². The van der Waals surface area contributed by atoms with Gasteiger partial charge in [-0.1, -0.05) is 28.1 Å². The number of aromatic nitrogens is 2. The van der Waals surface area contributed by atoms with Gasteiger partial charge in [-0.15, -0.1) is 0 Å². The van der Waals surface area contributed by atoms with Crippen molar-refractivity contribution in [2.24, 2.45) is 0 Å². The van der Waals surface area contributed by atoms with Gasteiger partial charge >= 0.3 is 11.7 Å². The third kappa shape index (κ3) is 5.42. The summed E-state index contributed by atoms with van der Waals surface area (Å²) in [6.45, 7) is -0.288. The molecule has 2 rings (SSSR count). The van der Waals surface area contributed by atoms with Crippen molar-refractivity contribution in [1.82, 2.24) is 14.9 Å². The number of carbonyl (C=O) groups excluding carboxylic acids is 2. The maximum Gasteiger partial charge on any atom is 0.328 e. The van der Waals surface area contributed by atoms with E-state index in [1.54, 1.807) is 24.3 Å². The Hall–Kier alpha value is -2.68. The molecular formula is C16H16BrN3O5. The fraction of sp³-hybridized carbons (Fsp3) is 0.250. The van der Waals surface area contributed by atoms with E-state index < -0.39 is 29.2 Å². The van der Waals surface area contributed by atoms with Crippen molar-refractivity contribution < 1.29 is 14.3 Å². The van der Waals surface area contributed by atoms with Gasteiger partial charge in [0.05, 0.1) is 19.6 Å². The minimum Gasteiger partial charge on any atom is -0.469 e. The van der Waals surface area contributed by atoms with Crippen molar-refractivity contribution in [1.29, 1.82) is 0 Å². The molecule has 2 N–H and O–H groups in total. The van der Waals surface area contributed by atoms with Gasteiger partial charge in [-0.2, -0.15) is 0 Å². The molecule has 1 amide bonds. The molecule has 0 fully saturated rings. The van der Waals surface area contributed by atoms with Crippen LogP contribution < -0.4 is 16.6 Å². The van der Waals surface area contributed by atoms with Crippen molar-refractivity contribution in [3.8, 4) is 0 Å². The Morgan fingerprint density at radius 1 is 1.24 bits per heavy atom. The van der Waals surface area contributed by atoms with Crippen LogP contribution in [-0.2, 0) is 20.9 Å². The Labute approximate surface area is 151 Å². The molecule has 1 aromatic heterocycles. The van der Waals surface area contributed by atoms with Crippen molar-refractivity contribution in [2.45, 2.75) is 19.0 Å². The molecule has 0 spiro atoms. The molecule has 0 aliphatic heterocycles. The minimum atomic E-state index is -0.684. The molecule has 2 aromatic rings. The number of esters is 1. The summed E-state index contributed by atoms with van der Waals surface area (Å²) in [6.07, 6.45) is 1.18. The zero-order valence-electron chi connectivity index (χ0n) is 13.3. The zero-order chi connectivity index (χ0) is 18.4. The number of aromatic amines is 1.